The van der Waals surface area contributed by atoms with E-state index in [0.29, 0.717) is 5.88 Å². The van der Waals surface area contributed by atoms with Crippen molar-refractivity contribution in [2.75, 3.05) is 0 Å². The summed E-state index contributed by atoms with van der Waals surface area (Å²) in [5.74, 6) is 0.476. The molecular weight excluding hydrogens is 223 g/mol. The van der Waals surface area contributed by atoms with Gasteiger partial charge in [-0.2, -0.15) is 0 Å². The Bertz CT molecular complexity index is 445. The standard InChI is InChI=1S/C10H8Cl2S/c1-6-4-8-9(13-6)3-2-7(5-11)10(8)12/h2-4H,5H2,1H3. The summed E-state index contributed by atoms with van der Waals surface area (Å²) in [6.45, 7) is 2.08. The van der Waals surface area contributed by atoms with Crippen LogP contribution in [0.25, 0.3) is 10.1 Å². The smallest absolute Gasteiger partial charge is 0.0537 e. The van der Waals surface area contributed by atoms with Crippen molar-refractivity contribution < 1.29 is 0 Å². The van der Waals surface area contributed by atoms with Gasteiger partial charge in [-0.3, -0.25) is 0 Å². The van der Waals surface area contributed by atoms with Crippen LogP contribution in [0.4, 0.5) is 0 Å². The second kappa shape index (κ2) is 3.49. The summed E-state index contributed by atoms with van der Waals surface area (Å²) in [5.41, 5.74) is 1.01. The minimum atomic E-state index is 0.476. The summed E-state index contributed by atoms with van der Waals surface area (Å²) in [6, 6.07) is 6.18. The van der Waals surface area contributed by atoms with Crippen LogP contribution in [0.3, 0.4) is 0 Å². The SMILES string of the molecule is Cc1cc2c(Cl)c(CCl)ccc2s1. The quantitative estimate of drug-likeness (QED) is 0.629. The summed E-state index contributed by atoms with van der Waals surface area (Å²) in [5, 5.41) is 1.93. The fourth-order valence-electron chi connectivity index (χ4n) is 1.35. The first kappa shape index (κ1) is 9.32. The Balaban J connectivity index is 2.78. The summed E-state index contributed by atoms with van der Waals surface area (Å²) in [4.78, 5) is 1.28. The van der Waals surface area contributed by atoms with Crippen molar-refractivity contribution in [3.05, 3.63) is 33.7 Å². The number of alkyl halides is 1. The summed E-state index contributed by atoms with van der Waals surface area (Å²) >= 11 is 13.7. The third-order valence-corrected chi connectivity index (χ3v) is 3.73. The van der Waals surface area contributed by atoms with Gasteiger partial charge in [-0.25, -0.2) is 0 Å². The fourth-order valence-corrected chi connectivity index (χ4v) is 2.92. The lowest BCUT2D eigenvalue weighted by atomic mass is 10.2. The average Bonchev–Trinajstić information content (AvgIpc) is 2.47. The van der Waals surface area contributed by atoms with Crippen molar-refractivity contribution in [1.82, 2.24) is 0 Å². The van der Waals surface area contributed by atoms with Crippen LogP contribution in [0.1, 0.15) is 10.4 Å². The molecule has 68 valence electrons. The van der Waals surface area contributed by atoms with Gasteiger partial charge in [-0.05, 0) is 24.6 Å². The highest BCUT2D eigenvalue weighted by Crippen LogP contribution is 2.33. The predicted octanol–water partition coefficient (Wildman–Crippen LogP) is 4.60. The van der Waals surface area contributed by atoms with Crippen molar-refractivity contribution in [3.8, 4) is 0 Å². The van der Waals surface area contributed by atoms with Crippen LogP contribution in [0.5, 0.6) is 0 Å². The molecule has 0 bridgehead atoms. The van der Waals surface area contributed by atoms with E-state index in [4.69, 9.17) is 23.2 Å². The molecule has 1 aromatic carbocycles. The zero-order valence-electron chi connectivity index (χ0n) is 7.10. The van der Waals surface area contributed by atoms with Gasteiger partial charge < -0.3 is 0 Å². The van der Waals surface area contributed by atoms with Crippen LogP contribution < -0.4 is 0 Å². The van der Waals surface area contributed by atoms with E-state index in [2.05, 4.69) is 19.1 Å². The fraction of sp³-hybridized carbons (Fsp3) is 0.200. The van der Waals surface area contributed by atoms with Gasteiger partial charge in [0, 0.05) is 20.8 Å². The lowest BCUT2D eigenvalue weighted by Gasteiger charge is -1.99. The molecule has 0 spiro atoms. The maximum Gasteiger partial charge on any atom is 0.0537 e. The van der Waals surface area contributed by atoms with Gasteiger partial charge in [-0.15, -0.1) is 22.9 Å². The first-order chi connectivity index (χ1) is 6.22. The van der Waals surface area contributed by atoms with Gasteiger partial charge in [0.1, 0.15) is 0 Å². The molecule has 0 atom stereocenters. The molecule has 1 heterocycles. The molecule has 0 nitrogen and oxygen atoms in total. The number of benzene rings is 1. The number of halogens is 2. The first-order valence-corrected chi connectivity index (χ1v) is 5.69. The van der Waals surface area contributed by atoms with Crippen molar-refractivity contribution in [3.63, 3.8) is 0 Å². The molecule has 2 aromatic rings. The molecule has 0 aliphatic carbocycles. The van der Waals surface area contributed by atoms with E-state index >= 15 is 0 Å². The minimum absolute atomic E-state index is 0.476. The monoisotopic (exact) mass is 230 g/mol. The van der Waals surface area contributed by atoms with E-state index in [0.717, 1.165) is 16.0 Å². The Morgan fingerprint density at radius 2 is 2.15 bits per heavy atom. The zero-order chi connectivity index (χ0) is 9.42. The predicted molar refractivity (Wildman–Crippen MR) is 61.1 cm³/mol. The van der Waals surface area contributed by atoms with E-state index < -0.39 is 0 Å². The largest absolute Gasteiger partial charge is 0.141 e. The van der Waals surface area contributed by atoms with Crippen LogP contribution in [0.15, 0.2) is 18.2 Å². The van der Waals surface area contributed by atoms with Crippen LogP contribution in [-0.4, -0.2) is 0 Å². The number of aryl methyl sites for hydroxylation is 1. The first-order valence-electron chi connectivity index (χ1n) is 3.96. The summed E-state index contributed by atoms with van der Waals surface area (Å²) < 4.78 is 1.23. The lowest BCUT2D eigenvalue weighted by Crippen LogP contribution is -1.78. The number of rotatable bonds is 1. The second-order valence-electron chi connectivity index (χ2n) is 2.94. The van der Waals surface area contributed by atoms with Gasteiger partial charge >= 0.3 is 0 Å². The maximum absolute atomic E-state index is 6.18. The van der Waals surface area contributed by atoms with E-state index in [9.17, 15) is 0 Å². The Morgan fingerprint density at radius 3 is 2.85 bits per heavy atom. The van der Waals surface area contributed by atoms with Gasteiger partial charge in [0.2, 0.25) is 0 Å². The Kier molecular flexibility index (Phi) is 2.50. The van der Waals surface area contributed by atoms with Crippen molar-refractivity contribution in [2.24, 2.45) is 0 Å². The third kappa shape index (κ3) is 1.56. The number of thiophene rings is 1. The molecule has 3 heteroatoms. The molecule has 0 N–H and O–H groups in total. The molecule has 0 fully saturated rings. The maximum atomic E-state index is 6.18. The van der Waals surface area contributed by atoms with E-state index in [1.165, 1.54) is 9.58 Å². The van der Waals surface area contributed by atoms with Gasteiger partial charge in [-0.1, -0.05) is 17.7 Å². The number of fused-ring (bicyclic) bond motifs is 1. The van der Waals surface area contributed by atoms with Crippen LogP contribution >= 0.6 is 34.5 Å². The van der Waals surface area contributed by atoms with Gasteiger partial charge in [0.15, 0.2) is 0 Å². The molecule has 0 saturated heterocycles. The van der Waals surface area contributed by atoms with Crippen molar-refractivity contribution in [2.45, 2.75) is 12.8 Å². The number of hydrogen-bond donors (Lipinski definition) is 0. The molecule has 0 unspecified atom stereocenters. The normalized spacial score (nSPS) is 11.0. The molecule has 13 heavy (non-hydrogen) atoms. The topological polar surface area (TPSA) is 0 Å². The molecule has 2 rings (SSSR count). The van der Waals surface area contributed by atoms with E-state index in [1.807, 2.05) is 6.07 Å². The molecule has 0 amide bonds. The highest BCUT2D eigenvalue weighted by Gasteiger charge is 2.06. The number of hydrogen-bond acceptors (Lipinski definition) is 1. The second-order valence-corrected chi connectivity index (χ2v) is 4.87. The third-order valence-electron chi connectivity index (χ3n) is 1.98. The Hall–Kier alpha value is -0.240. The van der Waals surface area contributed by atoms with Gasteiger partial charge in [0.25, 0.3) is 0 Å². The highest BCUT2D eigenvalue weighted by molar-refractivity contribution is 7.19. The van der Waals surface area contributed by atoms with E-state index in [1.54, 1.807) is 11.3 Å². The van der Waals surface area contributed by atoms with Crippen LogP contribution in [-0.2, 0) is 5.88 Å². The molecule has 0 radical (unpaired) electrons. The summed E-state index contributed by atoms with van der Waals surface area (Å²) in [6.07, 6.45) is 0. The average molecular weight is 231 g/mol. The molecule has 0 saturated carbocycles. The minimum Gasteiger partial charge on any atom is -0.141 e. The molecule has 0 aliphatic heterocycles. The van der Waals surface area contributed by atoms with Crippen molar-refractivity contribution in [1.29, 1.82) is 0 Å². The van der Waals surface area contributed by atoms with E-state index in [-0.39, 0.29) is 0 Å². The molecule has 0 aliphatic rings. The van der Waals surface area contributed by atoms with Crippen molar-refractivity contribution >= 4 is 44.6 Å². The Labute approximate surface area is 91.1 Å². The van der Waals surface area contributed by atoms with Gasteiger partial charge in [0.05, 0.1) is 5.02 Å². The molecular formula is C10H8Cl2S. The summed E-state index contributed by atoms with van der Waals surface area (Å²) in [7, 11) is 0. The molecule has 1 aromatic heterocycles. The lowest BCUT2D eigenvalue weighted by molar-refractivity contribution is 1.43. The van der Waals surface area contributed by atoms with Crippen LogP contribution in [0, 0.1) is 6.92 Å². The zero-order valence-corrected chi connectivity index (χ0v) is 9.43. The van der Waals surface area contributed by atoms with Crippen LogP contribution in [0.2, 0.25) is 5.02 Å². The Morgan fingerprint density at radius 1 is 1.38 bits per heavy atom. The highest BCUT2D eigenvalue weighted by atomic mass is 35.5.